The maximum atomic E-state index is 10.6. The Hall–Kier alpha value is -3.90. The predicted molar refractivity (Wildman–Crippen MR) is 161 cm³/mol. The highest BCUT2D eigenvalue weighted by Gasteiger charge is 2.39. The fourth-order valence-corrected chi connectivity index (χ4v) is 5.78. The third-order valence-corrected chi connectivity index (χ3v) is 8.50. The summed E-state index contributed by atoms with van der Waals surface area (Å²) in [5.41, 5.74) is 10.9. The molecular weight excluding hydrogens is 678 g/mol. The van der Waals surface area contributed by atoms with Crippen molar-refractivity contribution in [1.29, 1.82) is 0 Å². The number of rotatable bonds is 4. The van der Waals surface area contributed by atoms with Crippen molar-refractivity contribution >= 4 is 40.4 Å². The fraction of sp³-hybridized carbons (Fsp3) is 0.552. The lowest BCUT2D eigenvalue weighted by Crippen LogP contribution is -2.40. The Morgan fingerprint density at radius 3 is 2.15 bits per heavy atom. The standard InChI is InChI=1S/C25H33ClN6O2.2C2HF3O2/c1-14-20-12-31(17-5-7-18(33-4)8-6-17)9-10-34-23(20)19(11-21(14)26)16(3)32-25-22(15(2)30-32)24(27)28-13-29-25;2*3-2(4,5)1(6)7/h11,13,16-18H,5-10,12H2,1-4H3,(H2,27,28,29);2*(H,6,7). The smallest absolute Gasteiger partial charge is 0.490 e. The number of hydrogen-bond donors (Lipinski definition) is 3. The van der Waals surface area contributed by atoms with E-state index in [4.69, 9.17) is 51.7 Å². The van der Waals surface area contributed by atoms with E-state index in [-0.39, 0.29) is 6.04 Å². The zero-order chi connectivity index (χ0) is 36.1. The third-order valence-electron chi connectivity index (χ3n) is 8.10. The molecule has 0 spiro atoms. The second-order valence-corrected chi connectivity index (χ2v) is 11.5. The number of ether oxygens (including phenoxy) is 2. The summed E-state index contributed by atoms with van der Waals surface area (Å²) in [6, 6.07) is 2.42. The predicted octanol–water partition coefficient (Wildman–Crippen LogP) is 5.71. The topological polar surface area (TPSA) is 166 Å². The number of carbonyl (C=O) groups is 2. The molecule has 4 N–H and O–H groups in total. The lowest BCUT2D eigenvalue weighted by Gasteiger charge is -2.35. The van der Waals surface area contributed by atoms with Crippen molar-refractivity contribution < 1.29 is 55.6 Å². The summed E-state index contributed by atoms with van der Waals surface area (Å²) in [5, 5.41) is 20.6. The molecular formula is C29H35ClF6N6O6. The van der Waals surface area contributed by atoms with Gasteiger partial charge in [0.05, 0.1) is 23.2 Å². The second-order valence-electron chi connectivity index (χ2n) is 11.1. The maximum Gasteiger partial charge on any atom is 0.490 e. The van der Waals surface area contributed by atoms with E-state index >= 15 is 0 Å². The second kappa shape index (κ2) is 15.5. The highest BCUT2D eigenvalue weighted by Crippen LogP contribution is 2.41. The molecule has 19 heteroatoms. The Balaban J connectivity index is 0.000000376. The van der Waals surface area contributed by atoms with Gasteiger partial charge in [-0.25, -0.2) is 24.2 Å². The lowest BCUT2D eigenvalue weighted by molar-refractivity contribution is -0.193. The molecule has 0 radical (unpaired) electrons. The van der Waals surface area contributed by atoms with Gasteiger partial charge in [0.2, 0.25) is 0 Å². The van der Waals surface area contributed by atoms with Crippen LogP contribution in [0.15, 0.2) is 12.4 Å². The van der Waals surface area contributed by atoms with Crippen LogP contribution in [-0.4, -0.2) is 91.6 Å². The highest BCUT2D eigenvalue weighted by atomic mass is 35.5. The van der Waals surface area contributed by atoms with Gasteiger partial charge in [-0.1, -0.05) is 11.6 Å². The average Bonchev–Trinajstić information content (AvgIpc) is 3.20. The zero-order valence-electron chi connectivity index (χ0n) is 26.3. The van der Waals surface area contributed by atoms with Gasteiger partial charge in [-0.2, -0.15) is 31.4 Å². The van der Waals surface area contributed by atoms with E-state index in [1.807, 2.05) is 24.8 Å². The van der Waals surface area contributed by atoms with Gasteiger partial charge in [0.15, 0.2) is 5.65 Å². The molecule has 1 unspecified atom stereocenters. The Morgan fingerprint density at radius 2 is 1.62 bits per heavy atom. The molecule has 0 saturated heterocycles. The largest absolute Gasteiger partial charge is 0.492 e. The molecule has 1 saturated carbocycles. The normalized spacial score (nSPS) is 19.1. The molecule has 2 aromatic heterocycles. The Labute approximate surface area is 275 Å². The SMILES string of the molecule is COC1CCC(N2CCOc3c(C(C)n4nc(C)c5c(N)ncnc54)cc(Cl)c(C)c3C2)CC1.O=C(O)C(F)(F)F.O=C(O)C(F)(F)F. The van der Waals surface area contributed by atoms with Crippen molar-refractivity contribution in [2.24, 2.45) is 0 Å². The van der Waals surface area contributed by atoms with E-state index in [1.165, 1.54) is 11.9 Å². The van der Waals surface area contributed by atoms with Gasteiger partial charge in [0, 0.05) is 42.4 Å². The first-order valence-corrected chi connectivity index (χ1v) is 14.9. The summed E-state index contributed by atoms with van der Waals surface area (Å²) in [7, 11) is 1.82. The molecule has 1 aliphatic carbocycles. The van der Waals surface area contributed by atoms with Crippen molar-refractivity contribution in [2.45, 2.75) is 83.5 Å². The number of methoxy groups -OCH3 is 1. The van der Waals surface area contributed by atoms with Crippen LogP contribution >= 0.6 is 11.6 Å². The number of anilines is 1. The number of nitrogens with zero attached hydrogens (tertiary/aromatic N) is 5. The maximum absolute atomic E-state index is 10.6. The van der Waals surface area contributed by atoms with Crippen molar-refractivity contribution in [3.8, 4) is 5.75 Å². The molecule has 1 atom stereocenters. The van der Waals surface area contributed by atoms with E-state index in [2.05, 4.69) is 28.7 Å². The number of fused-ring (bicyclic) bond motifs is 2. The number of halogens is 7. The molecule has 1 aliphatic heterocycles. The third kappa shape index (κ3) is 9.16. The van der Waals surface area contributed by atoms with Crippen LogP contribution in [-0.2, 0) is 20.9 Å². The molecule has 2 aliphatic rings. The minimum absolute atomic E-state index is 0.138. The Bertz CT molecular complexity index is 1590. The zero-order valence-corrected chi connectivity index (χ0v) is 27.1. The number of nitrogen functional groups attached to an aromatic ring is 1. The molecule has 0 bridgehead atoms. The highest BCUT2D eigenvalue weighted by molar-refractivity contribution is 6.31. The van der Waals surface area contributed by atoms with Crippen LogP contribution in [0.2, 0.25) is 5.02 Å². The monoisotopic (exact) mass is 712 g/mol. The quantitative estimate of drug-likeness (QED) is 0.284. The van der Waals surface area contributed by atoms with Crippen LogP contribution < -0.4 is 10.5 Å². The van der Waals surface area contributed by atoms with Gasteiger partial charge in [-0.3, -0.25) is 4.90 Å². The van der Waals surface area contributed by atoms with Gasteiger partial charge in [-0.15, -0.1) is 0 Å². The average molecular weight is 713 g/mol. The first kappa shape index (κ1) is 38.5. The molecule has 3 aromatic rings. The first-order chi connectivity index (χ1) is 22.3. The summed E-state index contributed by atoms with van der Waals surface area (Å²) in [6.45, 7) is 8.50. The lowest BCUT2D eigenvalue weighted by atomic mass is 9.91. The molecule has 266 valence electrons. The Morgan fingerprint density at radius 1 is 1.06 bits per heavy atom. The number of benzene rings is 1. The minimum Gasteiger partial charge on any atom is -0.492 e. The number of hydrogen-bond acceptors (Lipinski definition) is 9. The van der Waals surface area contributed by atoms with Gasteiger partial charge >= 0.3 is 24.3 Å². The number of aryl methyl sites for hydroxylation is 1. The Kier molecular flexibility index (Phi) is 12.5. The van der Waals surface area contributed by atoms with E-state index in [0.717, 1.165) is 71.8 Å². The van der Waals surface area contributed by atoms with Crippen LogP contribution in [0, 0.1) is 13.8 Å². The number of alkyl halides is 6. The molecule has 3 heterocycles. The molecule has 1 fully saturated rings. The van der Waals surface area contributed by atoms with Crippen LogP contribution in [0.4, 0.5) is 32.2 Å². The summed E-state index contributed by atoms with van der Waals surface area (Å²) < 4.78 is 77.4. The molecule has 48 heavy (non-hydrogen) atoms. The van der Waals surface area contributed by atoms with E-state index < -0.39 is 24.3 Å². The van der Waals surface area contributed by atoms with Crippen LogP contribution in [0.25, 0.3) is 11.0 Å². The minimum atomic E-state index is -5.08. The van der Waals surface area contributed by atoms with E-state index in [0.29, 0.717) is 30.2 Å². The number of aromatic nitrogens is 4. The van der Waals surface area contributed by atoms with Crippen molar-refractivity contribution in [3.05, 3.63) is 39.8 Å². The summed E-state index contributed by atoms with van der Waals surface area (Å²) in [4.78, 5) is 29.0. The van der Waals surface area contributed by atoms with Gasteiger partial charge < -0.3 is 25.4 Å². The number of carboxylic acid groups (broad SMARTS) is 2. The molecule has 0 amide bonds. The number of nitrogens with two attached hydrogens (primary N) is 1. The van der Waals surface area contributed by atoms with Crippen LogP contribution in [0.5, 0.6) is 5.75 Å². The summed E-state index contributed by atoms with van der Waals surface area (Å²) >= 11 is 6.79. The van der Waals surface area contributed by atoms with Gasteiger partial charge in [-0.05, 0) is 58.1 Å². The van der Waals surface area contributed by atoms with Gasteiger partial charge in [0.1, 0.15) is 24.5 Å². The summed E-state index contributed by atoms with van der Waals surface area (Å²) in [6.07, 6.45) is -3.78. The van der Waals surface area contributed by atoms with Crippen molar-refractivity contribution in [2.75, 3.05) is 26.0 Å². The first-order valence-electron chi connectivity index (χ1n) is 14.5. The fourth-order valence-electron chi connectivity index (χ4n) is 5.55. The van der Waals surface area contributed by atoms with Crippen molar-refractivity contribution in [3.63, 3.8) is 0 Å². The van der Waals surface area contributed by atoms with E-state index in [1.54, 1.807) is 0 Å². The summed E-state index contributed by atoms with van der Waals surface area (Å²) in [5.74, 6) is -4.15. The molecule has 12 nitrogen and oxygen atoms in total. The van der Waals surface area contributed by atoms with Crippen molar-refractivity contribution in [1.82, 2.24) is 24.6 Å². The van der Waals surface area contributed by atoms with E-state index in [9.17, 15) is 26.3 Å². The molecule has 5 rings (SSSR count). The van der Waals surface area contributed by atoms with Crippen LogP contribution in [0.3, 0.4) is 0 Å². The number of carboxylic acids is 2. The molecule has 1 aromatic carbocycles. The van der Waals surface area contributed by atoms with Gasteiger partial charge in [0.25, 0.3) is 0 Å². The number of aliphatic carboxylic acids is 2. The van der Waals surface area contributed by atoms with Crippen LogP contribution in [0.1, 0.15) is 61.0 Å².